The topological polar surface area (TPSA) is 46.6 Å². The van der Waals surface area contributed by atoms with Gasteiger partial charge < -0.3 is 4.74 Å². The largest absolute Gasteiger partial charge is 0.497 e. The van der Waals surface area contributed by atoms with Crippen molar-refractivity contribution in [3.05, 3.63) is 101 Å². The lowest BCUT2D eigenvalue weighted by Gasteiger charge is -2.15. The van der Waals surface area contributed by atoms with Gasteiger partial charge in [-0.2, -0.15) is 0 Å². The number of rotatable bonds is 6. The first-order chi connectivity index (χ1) is 14.6. The number of halogens is 1. The Morgan fingerprint density at radius 2 is 1.53 bits per heavy atom. The van der Waals surface area contributed by atoms with Crippen molar-refractivity contribution in [1.29, 1.82) is 0 Å². The van der Waals surface area contributed by atoms with Gasteiger partial charge in [-0.05, 0) is 47.5 Å². The fourth-order valence-corrected chi connectivity index (χ4v) is 4.22. The van der Waals surface area contributed by atoms with Crippen LogP contribution in [0.25, 0.3) is 5.57 Å². The molecule has 0 radical (unpaired) electrons. The van der Waals surface area contributed by atoms with E-state index in [2.05, 4.69) is 0 Å². The van der Waals surface area contributed by atoms with Crippen LogP contribution in [0.3, 0.4) is 0 Å². The van der Waals surface area contributed by atoms with Crippen molar-refractivity contribution in [1.82, 2.24) is 4.90 Å². The Bertz CT molecular complexity index is 1110. The molecule has 30 heavy (non-hydrogen) atoms. The van der Waals surface area contributed by atoms with Crippen LogP contribution in [0.2, 0.25) is 0 Å². The highest BCUT2D eigenvalue weighted by Gasteiger charge is 2.39. The van der Waals surface area contributed by atoms with E-state index in [1.165, 1.54) is 28.8 Å². The smallest absolute Gasteiger partial charge is 0.268 e. The number of hydrogen-bond acceptors (Lipinski definition) is 4. The second kappa shape index (κ2) is 8.55. The van der Waals surface area contributed by atoms with E-state index in [4.69, 9.17) is 4.74 Å². The minimum absolute atomic E-state index is 0.0798. The molecule has 0 saturated heterocycles. The normalized spacial score (nSPS) is 13.9. The lowest BCUT2D eigenvalue weighted by molar-refractivity contribution is -0.137. The maximum absolute atomic E-state index is 13.3. The number of imide groups is 1. The molecule has 0 fully saturated rings. The molecule has 3 aromatic rings. The van der Waals surface area contributed by atoms with Gasteiger partial charge in [0.2, 0.25) is 0 Å². The summed E-state index contributed by atoms with van der Waals surface area (Å²) in [5.74, 6) is -0.427. The zero-order valence-electron chi connectivity index (χ0n) is 16.2. The minimum atomic E-state index is -0.368. The fraction of sp³-hybridized carbons (Fsp3) is 0.0833. The molecule has 4 nitrogen and oxygen atoms in total. The predicted octanol–water partition coefficient (Wildman–Crippen LogP) is 4.91. The van der Waals surface area contributed by atoms with E-state index in [-0.39, 0.29) is 24.2 Å². The first kappa shape index (κ1) is 19.9. The molecule has 1 aliphatic rings. The maximum atomic E-state index is 13.3. The summed E-state index contributed by atoms with van der Waals surface area (Å²) in [4.78, 5) is 28.9. The van der Waals surface area contributed by atoms with Gasteiger partial charge in [-0.1, -0.05) is 54.2 Å². The SMILES string of the molecule is COc1ccc(C2=C(Sc3ccccc3)C(=O)N(Cc3ccc(F)cc3)C2=O)cc1. The number of amides is 2. The summed E-state index contributed by atoms with van der Waals surface area (Å²) in [6, 6.07) is 22.3. The number of hydrogen-bond donors (Lipinski definition) is 0. The van der Waals surface area contributed by atoms with Crippen molar-refractivity contribution in [2.75, 3.05) is 7.11 Å². The zero-order chi connectivity index (χ0) is 21.1. The molecule has 6 heteroatoms. The third-order valence-electron chi connectivity index (χ3n) is 4.72. The predicted molar refractivity (Wildman–Crippen MR) is 114 cm³/mol. The second-order valence-electron chi connectivity index (χ2n) is 6.67. The lowest BCUT2D eigenvalue weighted by atomic mass is 10.1. The van der Waals surface area contributed by atoms with Crippen LogP contribution in [0.5, 0.6) is 5.75 Å². The third-order valence-corrected chi connectivity index (χ3v) is 5.81. The lowest BCUT2D eigenvalue weighted by Crippen LogP contribution is -2.30. The van der Waals surface area contributed by atoms with Crippen LogP contribution in [0.1, 0.15) is 11.1 Å². The Morgan fingerprint density at radius 1 is 0.867 bits per heavy atom. The van der Waals surface area contributed by atoms with Crippen LogP contribution < -0.4 is 4.74 Å². The molecule has 0 bridgehead atoms. The van der Waals surface area contributed by atoms with Crippen molar-refractivity contribution in [3.63, 3.8) is 0 Å². The van der Waals surface area contributed by atoms with Gasteiger partial charge in [0.1, 0.15) is 11.6 Å². The van der Waals surface area contributed by atoms with E-state index in [0.717, 1.165) is 4.90 Å². The van der Waals surface area contributed by atoms with Gasteiger partial charge in [-0.3, -0.25) is 14.5 Å². The highest BCUT2D eigenvalue weighted by molar-refractivity contribution is 8.04. The molecular weight excluding hydrogens is 401 g/mol. The maximum Gasteiger partial charge on any atom is 0.268 e. The van der Waals surface area contributed by atoms with Gasteiger partial charge in [0, 0.05) is 4.90 Å². The van der Waals surface area contributed by atoms with Crippen LogP contribution in [-0.4, -0.2) is 23.8 Å². The Morgan fingerprint density at radius 3 is 2.17 bits per heavy atom. The molecule has 3 aromatic carbocycles. The van der Waals surface area contributed by atoms with Crippen LogP contribution in [0, 0.1) is 5.82 Å². The molecule has 0 aliphatic carbocycles. The van der Waals surface area contributed by atoms with Gasteiger partial charge in [0.25, 0.3) is 11.8 Å². The van der Waals surface area contributed by atoms with Gasteiger partial charge in [0.05, 0.1) is 24.1 Å². The van der Waals surface area contributed by atoms with Crippen LogP contribution in [-0.2, 0) is 16.1 Å². The number of carbonyl (C=O) groups excluding carboxylic acids is 2. The summed E-state index contributed by atoms with van der Waals surface area (Å²) in [7, 11) is 1.57. The highest BCUT2D eigenvalue weighted by atomic mass is 32.2. The number of nitrogens with zero attached hydrogens (tertiary/aromatic N) is 1. The summed E-state index contributed by atoms with van der Waals surface area (Å²) in [6.45, 7) is 0.0798. The van der Waals surface area contributed by atoms with Crippen molar-refractivity contribution < 1.29 is 18.7 Å². The third kappa shape index (κ3) is 4.00. The van der Waals surface area contributed by atoms with E-state index in [1.54, 1.807) is 43.5 Å². The number of thioether (sulfide) groups is 1. The molecular formula is C24H18FNO3S. The Hall–Kier alpha value is -3.38. The summed E-state index contributed by atoms with van der Waals surface area (Å²) < 4.78 is 18.4. The van der Waals surface area contributed by atoms with E-state index >= 15 is 0 Å². The second-order valence-corrected chi connectivity index (χ2v) is 7.75. The highest BCUT2D eigenvalue weighted by Crippen LogP contribution is 2.40. The van der Waals surface area contributed by atoms with Crippen molar-refractivity contribution in [2.24, 2.45) is 0 Å². The molecule has 0 saturated carbocycles. The first-order valence-corrected chi connectivity index (χ1v) is 10.1. The first-order valence-electron chi connectivity index (χ1n) is 9.29. The Kier molecular flexibility index (Phi) is 5.68. The van der Waals surface area contributed by atoms with Crippen molar-refractivity contribution >= 4 is 29.1 Å². The molecule has 150 valence electrons. The molecule has 0 spiro atoms. The molecule has 0 unspecified atom stereocenters. The van der Waals surface area contributed by atoms with Gasteiger partial charge in [-0.15, -0.1) is 0 Å². The summed E-state index contributed by atoms with van der Waals surface area (Å²) >= 11 is 1.27. The number of methoxy groups -OCH3 is 1. The van der Waals surface area contributed by atoms with E-state index in [0.29, 0.717) is 27.4 Å². The Balaban J connectivity index is 1.72. The molecule has 1 aliphatic heterocycles. The van der Waals surface area contributed by atoms with E-state index < -0.39 is 0 Å². The molecule has 0 aromatic heterocycles. The molecule has 4 rings (SSSR count). The van der Waals surface area contributed by atoms with Gasteiger partial charge in [0.15, 0.2) is 0 Å². The standard InChI is InChI=1S/C24H18FNO3S/c1-29-19-13-9-17(10-14-19)21-22(30-20-5-3-2-4-6-20)24(28)26(23(21)27)15-16-7-11-18(25)12-8-16/h2-14H,15H2,1H3. The molecule has 0 N–H and O–H groups in total. The fourth-order valence-electron chi connectivity index (χ4n) is 3.18. The van der Waals surface area contributed by atoms with Crippen LogP contribution >= 0.6 is 11.8 Å². The monoisotopic (exact) mass is 419 g/mol. The minimum Gasteiger partial charge on any atom is -0.497 e. The summed E-state index contributed by atoms with van der Waals surface area (Å²) in [5.41, 5.74) is 1.69. The summed E-state index contributed by atoms with van der Waals surface area (Å²) in [5, 5.41) is 0. The van der Waals surface area contributed by atoms with Crippen molar-refractivity contribution in [2.45, 2.75) is 11.4 Å². The van der Waals surface area contributed by atoms with Gasteiger partial charge in [-0.25, -0.2) is 4.39 Å². The molecule has 2 amide bonds. The number of carbonyl (C=O) groups is 2. The van der Waals surface area contributed by atoms with E-state index in [1.807, 2.05) is 30.3 Å². The van der Waals surface area contributed by atoms with Gasteiger partial charge >= 0.3 is 0 Å². The van der Waals surface area contributed by atoms with Crippen LogP contribution in [0.15, 0.2) is 88.7 Å². The number of ether oxygens (including phenoxy) is 1. The molecule has 0 atom stereocenters. The Labute approximate surface area is 178 Å². The summed E-state index contributed by atoms with van der Waals surface area (Å²) in [6.07, 6.45) is 0. The quantitative estimate of drug-likeness (QED) is 0.533. The average molecular weight is 419 g/mol. The van der Waals surface area contributed by atoms with Crippen LogP contribution in [0.4, 0.5) is 4.39 Å². The van der Waals surface area contributed by atoms with Crippen molar-refractivity contribution in [3.8, 4) is 5.75 Å². The average Bonchev–Trinajstić information content (AvgIpc) is 3.00. The number of benzene rings is 3. The zero-order valence-corrected chi connectivity index (χ0v) is 17.0. The molecule has 1 heterocycles. The van der Waals surface area contributed by atoms with E-state index in [9.17, 15) is 14.0 Å².